The van der Waals surface area contributed by atoms with Crippen LogP contribution in [-0.2, 0) is 19.1 Å². The van der Waals surface area contributed by atoms with Crippen molar-refractivity contribution in [1.29, 1.82) is 0 Å². The summed E-state index contributed by atoms with van der Waals surface area (Å²) in [6, 6.07) is 8.91. The first kappa shape index (κ1) is 13.0. The highest BCUT2D eigenvalue weighted by molar-refractivity contribution is 5.89. The van der Waals surface area contributed by atoms with E-state index < -0.39 is 18.0 Å². The van der Waals surface area contributed by atoms with Crippen molar-refractivity contribution in [3.63, 3.8) is 0 Å². The second-order valence-corrected chi connectivity index (χ2v) is 3.42. The molecule has 0 unspecified atom stereocenters. The highest BCUT2D eigenvalue weighted by atomic mass is 16.6. The molecule has 1 rings (SSSR count). The van der Waals surface area contributed by atoms with Gasteiger partial charge in [-0.15, -0.1) is 0 Å². The van der Waals surface area contributed by atoms with Crippen LogP contribution >= 0.6 is 0 Å². The molecule has 0 aliphatic carbocycles. The molecule has 0 radical (unpaired) electrons. The molecule has 0 aromatic heterocycles. The number of ether oxygens (including phenoxy) is 2. The number of hydrogen-bond acceptors (Lipinski definition) is 4. The lowest BCUT2D eigenvalue weighted by Crippen LogP contribution is -2.17. The normalized spacial score (nSPS) is 11.4. The molecule has 0 saturated carbocycles. The monoisotopic (exact) mass is 234 g/mol. The van der Waals surface area contributed by atoms with Gasteiger partial charge in [-0.25, -0.2) is 4.79 Å². The fraction of sp³-hybridized carbons (Fsp3) is 0.231. The summed E-state index contributed by atoms with van der Waals surface area (Å²) in [4.78, 5) is 22.4. The predicted molar refractivity (Wildman–Crippen MR) is 62.1 cm³/mol. The lowest BCUT2D eigenvalue weighted by Gasteiger charge is -2.18. The smallest absolute Gasteiger partial charge is 0.337 e. The van der Waals surface area contributed by atoms with Crippen molar-refractivity contribution in [3.05, 3.63) is 48.0 Å². The van der Waals surface area contributed by atoms with Crippen molar-refractivity contribution >= 4 is 11.9 Å². The maximum Gasteiger partial charge on any atom is 0.337 e. The molecule has 4 nitrogen and oxygen atoms in total. The Morgan fingerprint density at radius 3 is 2.29 bits per heavy atom. The third-order valence-electron chi connectivity index (χ3n) is 2.15. The lowest BCUT2D eigenvalue weighted by atomic mass is 10.0. The minimum absolute atomic E-state index is 0.0916. The van der Waals surface area contributed by atoms with Crippen molar-refractivity contribution < 1.29 is 19.1 Å². The number of hydrogen-bond donors (Lipinski definition) is 0. The predicted octanol–water partition coefficient (Wildman–Crippen LogP) is 2.02. The van der Waals surface area contributed by atoms with Gasteiger partial charge in [-0.05, 0) is 5.56 Å². The minimum Gasteiger partial charge on any atom is -0.466 e. The van der Waals surface area contributed by atoms with Crippen LogP contribution in [-0.4, -0.2) is 19.0 Å². The van der Waals surface area contributed by atoms with E-state index in [1.165, 1.54) is 14.0 Å². The van der Waals surface area contributed by atoms with E-state index in [0.717, 1.165) is 0 Å². The van der Waals surface area contributed by atoms with Crippen molar-refractivity contribution in [3.8, 4) is 0 Å². The molecule has 1 aromatic carbocycles. The molecule has 4 heteroatoms. The van der Waals surface area contributed by atoms with Gasteiger partial charge in [-0.2, -0.15) is 0 Å². The number of benzene rings is 1. The molecule has 0 amide bonds. The van der Waals surface area contributed by atoms with E-state index in [4.69, 9.17) is 4.74 Å². The summed E-state index contributed by atoms with van der Waals surface area (Å²) in [7, 11) is 1.25. The molecule has 1 aromatic rings. The largest absolute Gasteiger partial charge is 0.466 e. The summed E-state index contributed by atoms with van der Waals surface area (Å²) in [5.41, 5.74) is 0.770. The first-order valence-electron chi connectivity index (χ1n) is 5.05. The zero-order valence-corrected chi connectivity index (χ0v) is 9.80. The summed E-state index contributed by atoms with van der Waals surface area (Å²) in [6.07, 6.45) is -0.804. The van der Waals surface area contributed by atoms with Crippen LogP contribution in [0.15, 0.2) is 42.5 Å². The maximum atomic E-state index is 11.4. The molecule has 17 heavy (non-hydrogen) atoms. The Labute approximate surface area is 99.8 Å². The SMILES string of the molecule is C=C(C(=O)OC)[C@H](OC(C)=O)c1ccccc1. The zero-order chi connectivity index (χ0) is 12.8. The Morgan fingerprint density at radius 2 is 1.82 bits per heavy atom. The number of esters is 2. The minimum atomic E-state index is -0.804. The molecule has 0 N–H and O–H groups in total. The van der Waals surface area contributed by atoms with Crippen LogP contribution in [0.25, 0.3) is 0 Å². The van der Waals surface area contributed by atoms with Gasteiger partial charge in [-0.1, -0.05) is 36.9 Å². The average Bonchev–Trinajstić information content (AvgIpc) is 2.35. The molecule has 0 spiro atoms. The van der Waals surface area contributed by atoms with Crippen LogP contribution < -0.4 is 0 Å². The molecule has 0 aliphatic heterocycles. The van der Waals surface area contributed by atoms with Crippen molar-refractivity contribution in [2.45, 2.75) is 13.0 Å². The molecule has 0 bridgehead atoms. The molecule has 0 fully saturated rings. The van der Waals surface area contributed by atoms with Gasteiger partial charge in [0.1, 0.15) is 0 Å². The van der Waals surface area contributed by atoms with Gasteiger partial charge in [0.05, 0.1) is 12.7 Å². The van der Waals surface area contributed by atoms with E-state index in [0.29, 0.717) is 5.56 Å². The number of carbonyl (C=O) groups excluding carboxylic acids is 2. The highest BCUT2D eigenvalue weighted by Gasteiger charge is 2.24. The van der Waals surface area contributed by atoms with Gasteiger partial charge < -0.3 is 9.47 Å². The van der Waals surface area contributed by atoms with E-state index in [1.807, 2.05) is 6.07 Å². The van der Waals surface area contributed by atoms with Crippen LogP contribution in [0, 0.1) is 0 Å². The van der Waals surface area contributed by atoms with Crippen molar-refractivity contribution in [1.82, 2.24) is 0 Å². The molecule has 0 aliphatic rings. The highest BCUT2D eigenvalue weighted by Crippen LogP contribution is 2.25. The summed E-state index contributed by atoms with van der Waals surface area (Å²) in [5, 5.41) is 0. The maximum absolute atomic E-state index is 11.4. The van der Waals surface area contributed by atoms with E-state index in [9.17, 15) is 9.59 Å². The molecule has 1 atom stereocenters. The fourth-order valence-corrected chi connectivity index (χ4v) is 1.37. The van der Waals surface area contributed by atoms with Crippen molar-refractivity contribution in [2.75, 3.05) is 7.11 Å². The van der Waals surface area contributed by atoms with E-state index >= 15 is 0 Å². The van der Waals surface area contributed by atoms with Crippen LogP contribution in [0.1, 0.15) is 18.6 Å². The second-order valence-electron chi connectivity index (χ2n) is 3.42. The standard InChI is InChI=1S/C13H14O4/c1-9(13(15)16-3)12(17-10(2)14)11-7-5-4-6-8-11/h4-8,12H,1H2,2-3H3/t12-/m0/s1. The Kier molecular flexibility index (Phi) is 4.46. The quantitative estimate of drug-likeness (QED) is 0.590. The number of rotatable bonds is 4. The van der Waals surface area contributed by atoms with Gasteiger partial charge >= 0.3 is 11.9 Å². The van der Waals surface area contributed by atoms with Gasteiger partial charge in [0.15, 0.2) is 6.10 Å². The van der Waals surface area contributed by atoms with Crippen LogP contribution in [0.2, 0.25) is 0 Å². The van der Waals surface area contributed by atoms with Gasteiger partial charge in [-0.3, -0.25) is 4.79 Å². The third-order valence-corrected chi connectivity index (χ3v) is 2.15. The molecular weight excluding hydrogens is 220 g/mol. The average molecular weight is 234 g/mol. The topological polar surface area (TPSA) is 52.6 Å². The van der Waals surface area contributed by atoms with Crippen LogP contribution in [0.4, 0.5) is 0 Å². The molecule has 0 heterocycles. The summed E-state index contributed by atoms with van der Waals surface area (Å²) in [6.45, 7) is 4.88. The van der Waals surface area contributed by atoms with Crippen LogP contribution in [0.5, 0.6) is 0 Å². The zero-order valence-electron chi connectivity index (χ0n) is 9.80. The van der Waals surface area contributed by atoms with Crippen LogP contribution in [0.3, 0.4) is 0 Å². The Morgan fingerprint density at radius 1 is 1.24 bits per heavy atom. The summed E-state index contributed by atoms with van der Waals surface area (Å²) in [5.74, 6) is -1.08. The Bertz CT molecular complexity index is 422. The molecule has 90 valence electrons. The van der Waals surface area contributed by atoms with Gasteiger partial charge in [0.2, 0.25) is 0 Å². The number of carbonyl (C=O) groups is 2. The third kappa shape index (κ3) is 3.45. The lowest BCUT2D eigenvalue weighted by molar-refractivity contribution is -0.147. The Balaban J connectivity index is 3.00. The van der Waals surface area contributed by atoms with E-state index in [2.05, 4.69) is 11.3 Å². The van der Waals surface area contributed by atoms with Gasteiger partial charge in [0, 0.05) is 6.92 Å². The van der Waals surface area contributed by atoms with E-state index in [-0.39, 0.29) is 5.57 Å². The van der Waals surface area contributed by atoms with Gasteiger partial charge in [0.25, 0.3) is 0 Å². The molecule has 0 saturated heterocycles. The summed E-state index contributed by atoms with van der Waals surface area (Å²) < 4.78 is 9.65. The number of methoxy groups -OCH3 is 1. The summed E-state index contributed by atoms with van der Waals surface area (Å²) >= 11 is 0. The molecular formula is C13H14O4. The van der Waals surface area contributed by atoms with Crippen molar-refractivity contribution in [2.24, 2.45) is 0 Å². The fourth-order valence-electron chi connectivity index (χ4n) is 1.37. The van der Waals surface area contributed by atoms with E-state index in [1.54, 1.807) is 24.3 Å². The Hall–Kier alpha value is -2.10. The first-order chi connectivity index (χ1) is 8.06. The second kappa shape index (κ2) is 5.84. The first-order valence-corrected chi connectivity index (χ1v) is 5.05.